The molecule has 1 aliphatic rings. The van der Waals surface area contributed by atoms with Gasteiger partial charge in [-0.05, 0) is 47.7 Å². The van der Waals surface area contributed by atoms with Gasteiger partial charge in [0.15, 0.2) is 0 Å². The number of fused-ring (bicyclic) bond motifs is 1. The molecule has 3 rings (SSSR count). The summed E-state index contributed by atoms with van der Waals surface area (Å²) in [6, 6.07) is 4.59. The zero-order chi connectivity index (χ0) is 17.6. The molecule has 1 amide bonds. The minimum Gasteiger partial charge on any atom is -0.465 e. The number of aromatic nitrogens is 1. The Balaban J connectivity index is 2.16. The Morgan fingerprint density at radius 1 is 1.42 bits per heavy atom. The Morgan fingerprint density at radius 2 is 2.12 bits per heavy atom. The molecule has 7 nitrogen and oxygen atoms in total. The number of amides is 1. The minimum absolute atomic E-state index is 0.102. The summed E-state index contributed by atoms with van der Waals surface area (Å²) >= 11 is 1.99. The first kappa shape index (κ1) is 16.6. The zero-order valence-electron chi connectivity index (χ0n) is 12.6. The van der Waals surface area contributed by atoms with Gasteiger partial charge in [-0.25, -0.2) is 9.18 Å². The Bertz CT molecular complexity index is 913. The summed E-state index contributed by atoms with van der Waals surface area (Å²) in [4.78, 5) is 24.9. The Labute approximate surface area is 150 Å². The summed E-state index contributed by atoms with van der Waals surface area (Å²) < 4.78 is 16.1. The number of nitrogens with one attached hydrogen (secondary N) is 1. The second kappa shape index (κ2) is 5.96. The maximum atomic E-state index is 14.1. The maximum absolute atomic E-state index is 14.1. The van der Waals surface area contributed by atoms with Gasteiger partial charge in [0.05, 0.1) is 17.1 Å². The molecule has 4 N–H and O–H groups in total. The second-order valence-corrected chi connectivity index (χ2v) is 6.62. The fourth-order valence-electron chi connectivity index (χ4n) is 2.74. The van der Waals surface area contributed by atoms with Crippen molar-refractivity contribution in [2.45, 2.75) is 13.5 Å². The van der Waals surface area contributed by atoms with Crippen molar-refractivity contribution in [1.29, 1.82) is 0 Å². The van der Waals surface area contributed by atoms with E-state index >= 15 is 0 Å². The van der Waals surface area contributed by atoms with Gasteiger partial charge in [0, 0.05) is 22.2 Å². The van der Waals surface area contributed by atoms with E-state index in [2.05, 4.69) is 5.32 Å². The standard InChI is InChI=1S/C15H14FIN4O3/c1-7-12(19-10-3-2-8(17)6-9(10)16)11(18)13-20(14(7)22)4-5-21(13)15(23)24/h2-3,6,19H,4-5,18H2,1H3,(H,23,24). The highest BCUT2D eigenvalue weighted by molar-refractivity contribution is 14.1. The van der Waals surface area contributed by atoms with Crippen LogP contribution in [0.4, 0.5) is 32.1 Å². The normalized spacial score (nSPS) is 13.0. The summed E-state index contributed by atoms with van der Waals surface area (Å²) in [5.74, 6) is -0.372. The molecule has 1 aromatic heterocycles. The van der Waals surface area contributed by atoms with Crippen LogP contribution in [0.25, 0.3) is 0 Å². The molecule has 0 atom stereocenters. The van der Waals surface area contributed by atoms with Crippen molar-refractivity contribution < 1.29 is 14.3 Å². The lowest BCUT2D eigenvalue weighted by Crippen LogP contribution is -2.29. The van der Waals surface area contributed by atoms with Crippen molar-refractivity contribution in [2.75, 3.05) is 22.5 Å². The molecule has 0 bridgehead atoms. The number of nitrogens with zero attached hydrogens (tertiary/aromatic N) is 2. The van der Waals surface area contributed by atoms with E-state index in [0.717, 1.165) is 8.47 Å². The van der Waals surface area contributed by atoms with Gasteiger partial charge in [0.25, 0.3) is 5.56 Å². The summed E-state index contributed by atoms with van der Waals surface area (Å²) in [7, 11) is 0. The van der Waals surface area contributed by atoms with Gasteiger partial charge < -0.3 is 16.2 Å². The van der Waals surface area contributed by atoms with Crippen LogP contribution in [-0.4, -0.2) is 22.3 Å². The van der Waals surface area contributed by atoms with Crippen LogP contribution >= 0.6 is 22.6 Å². The van der Waals surface area contributed by atoms with Crippen LogP contribution in [0, 0.1) is 16.3 Å². The lowest BCUT2D eigenvalue weighted by molar-refractivity contribution is 0.202. The topological polar surface area (TPSA) is 101 Å². The molecule has 0 saturated carbocycles. The van der Waals surface area contributed by atoms with Crippen molar-refractivity contribution in [3.8, 4) is 0 Å². The summed E-state index contributed by atoms with van der Waals surface area (Å²) in [6.45, 7) is 1.96. The average molecular weight is 444 g/mol. The predicted octanol–water partition coefficient (Wildman–Crippen LogP) is 2.72. The number of rotatable bonds is 2. The van der Waals surface area contributed by atoms with E-state index in [1.165, 1.54) is 16.7 Å². The number of nitrogens with two attached hydrogens (primary N) is 1. The van der Waals surface area contributed by atoms with E-state index in [0.29, 0.717) is 5.56 Å². The monoisotopic (exact) mass is 444 g/mol. The van der Waals surface area contributed by atoms with Crippen molar-refractivity contribution >= 4 is 51.6 Å². The van der Waals surface area contributed by atoms with Crippen LogP contribution in [0.15, 0.2) is 23.0 Å². The van der Waals surface area contributed by atoms with Gasteiger partial charge in [-0.2, -0.15) is 0 Å². The molecule has 1 aliphatic heterocycles. The van der Waals surface area contributed by atoms with Gasteiger partial charge in [0.1, 0.15) is 11.6 Å². The number of carboxylic acid groups (broad SMARTS) is 1. The van der Waals surface area contributed by atoms with Crippen LogP contribution in [0.5, 0.6) is 0 Å². The lowest BCUT2D eigenvalue weighted by atomic mass is 10.2. The number of nitrogen functional groups attached to an aromatic ring is 1. The van der Waals surface area contributed by atoms with Gasteiger partial charge in [-0.1, -0.05) is 0 Å². The highest BCUT2D eigenvalue weighted by atomic mass is 127. The third-order valence-corrected chi connectivity index (χ3v) is 4.60. The SMILES string of the molecule is Cc1c(Nc2ccc(I)cc2F)c(N)c2n(c1=O)CCN2C(=O)O. The van der Waals surface area contributed by atoms with Crippen LogP contribution < -0.4 is 21.5 Å². The fraction of sp³-hybridized carbons (Fsp3) is 0.200. The van der Waals surface area contributed by atoms with Crippen molar-refractivity contribution in [3.05, 3.63) is 43.5 Å². The van der Waals surface area contributed by atoms with Gasteiger partial charge in [0.2, 0.25) is 0 Å². The van der Waals surface area contributed by atoms with Gasteiger partial charge >= 0.3 is 6.09 Å². The first-order valence-corrected chi connectivity index (χ1v) is 8.14. The quantitative estimate of drug-likeness (QED) is 0.619. The van der Waals surface area contributed by atoms with E-state index in [1.807, 2.05) is 22.6 Å². The maximum Gasteiger partial charge on any atom is 0.413 e. The highest BCUT2D eigenvalue weighted by Gasteiger charge is 2.30. The minimum atomic E-state index is -1.19. The number of benzene rings is 1. The first-order chi connectivity index (χ1) is 11.3. The second-order valence-electron chi connectivity index (χ2n) is 5.38. The molecule has 0 aliphatic carbocycles. The van der Waals surface area contributed by atoms with Crippen LogP contribution in [0.3, 0.4) is 0 Å². The zero-order valence-corrected chi connectivity index (χ0v) is 14.8. The molecular weight excluding hydrogens is 430 g/mol. The number of halogens is 2. The number of carbonyl (C=O) groups is 1. The molecule has 1 aromatic carbocycles. The molecule has 2 aromatic rings. The van der Waals surface area contributed by atoms with E-state index in [4.69, 9.17) is 5.73 Å². The van der Waals surface area contributed by atoms with Crippen molar-refractivity contribution in [3.63, 3.8) is 0 Å². The predicted molar refractivity (Wildman–Crippen MR) is 97.6 cm³/mol. The van der Waals surface area contributed by atoms with Crippen LogP contribution in [0.1, 0.15) is 5.56 Å². The highest BCUT2D eigenvalue weighted by Crippen LogP contribution is 2.36. The van der Waals surface area contributed by atoms with Crippen LogP contribution in [0.2, 0.25) is 0 Å². The van der Waals surface area contributed by atoms with Crippen molar-refractivity contribution in [1.82, 2.24) is 4.57 Å². The van der Waals surface area contributed by atoms with E-state index in [-0.39, 0.29) is 41.5 Å². The van der Waals surface area contributed by atoms with E-state index in [1.54, 1.807) is 13.0 Å². The largest absolute Gasteiger partial charge is 0.465 e. The average Bonchev–Trinajstić information content (AvgIpc) is 2.96. The third kappa shape index (κ3) is 2.58. The van der Waals surface area contributed by atoms with Gasteiger partial charge in [-0.15, -0.1) is 0 Å². The molecule has 0 fully saturated rings. The first-order valence-electron chi connectivity index (χ1n) is 7.06. The third-order valence-electron chi connectivity index (χ3n) is 3.93. The number of hydrogen-bond acceptors (Lipinski definition) is 4. The van der Waals surface area contributed by atoms with Gasteiger partial charge in [-0.3, -0.25) is 14.3 Å². The number of pyridine rings is 1. The fourth-order valence-corrected chi connectivity index (χ4v) is 3.20. The van der Waals surface area contributed by atoms with Crippen molar-refractivity contribution in [2.24, 2.45) is 0 Å². The Hall–Kier alpha value is -2.30. The van der Waals surface area contributed by atoms with E-state index < -0.39 is 11.9 Å². The Morgan fingerprint density at radius 3 is 2.75 bits per heavy atom. The smallest absolute Gasteiger partial charge is 0.413 e. The molecule has 24 heavy (non-hydrogen) atoms. The lowest BCUT2D eigenvalue weighted by Gasteiger charge is -2.19. The molecule has 0 saturated heterocycles. The number of hydrogen-bond donors (Lipinski definition) is 3. The number of anilines is 4. The molecule has 126 valence electrons. The molecule has 2 heterocycles. The summed E-state index contributed by atoms with van der Waals surface area (Å²) in [5, 5.41) is 12.1. The van der Waals surface area contributed by atoms with E-state index in [9.17, 15) is 19.1 Å². The molecule has 0 spiro atoms. The molecular formula is C15H14FIN4O3. The Kier molecular flexibility index (Phi) is 4.11. The molecule has 0 radical (unpaired) electrons. The van der Waals surface area contributed by atoms with Crippen LogP contribution in [-0.2, 0) is 6.54 Å². The summed E-state index contributed by atoms with van der Waals surface area (Å²) in [5.41, 5.74) is 6.55. The summed E-state index contributed by atoms with van der Waals surface area (Å²) in [6.07, 6.45) is -1.19. The molecule has 9 heteroatoms. The molecule has 0 unspecified atom stereocenters.